The molecule has 130 valence electrons. The van der Waals surface area contributed by atoms with E-state index in [0.29, 0.717) is 25.3 Å². The van der Waals surface area contributed by atoms with Crippen LogP contribution in [0.4, 0.5) is 5.82 Å². The van der Waals surface area contributed by atoms with Gasteiger partial charge in [0.2, 0.25) is 11.8 Å². The van der Waals surface area contributed by atoms with Gasteiger partial charge in [-0.25, -0.2) is 4.98 Å². The molecule has 0 bridgehead atoms. The normalized spacial score (nSPS) is 17.8. The van der Waals surface area contributed by atoms with Gasteiger partial charge in [-0.05, 0) is 30.5 Å². The van der Waals surface area contributed by atoms with Gasteiger partial charge in [0, 0.05) is 19.3 Å². The van der Waals surface area contributed by atoms with Gasteiger partial charge in [0.1, 0.15) is 5.82 Å². The molecule has 2 amide bonds. The summed E-state index contributed by atoms with van der Waals surface area (Å²) in [6, 6.07) is 13.2. The maximum atomic E-state index is 12.3. The number of benzene rings is 1. The van der Waals surface area contributed by atoms with Crippen LogP contribution in [0.1, 0.15) is 11.1 Å². The SMILES string of the molecule is Cc1ccc(NC(=O)CN2CCNC(=O)C2Cc2ccccc2)nc1. The van der Waals surface area contributed by atoms with Gasteiger partial charge < -0.3 is 10.6 Å². The second kappa shape index (κ2) is 7.90. The second-order valence-corrected chi connectivity index (χ2v) is 6.24. The molecule has 0 spiro atoms. The van der Waals surface area contributed by atoms with Crippen LogP contribution >= 0.6 is 0 Å². The molecule has 2 aromatic rings. The zero-order chi connectivity index (χ0) is 17.6. The lowest BCUT2D eigenvalue weighted by atomic mass is 10.0. The van der Waals surface area contributed by atoms with Crippen LogP contribution in [0.25, 0.3) is 0 Å². The van der Waals surface area contributed by atoms with Crippen molar-refractivity contribution in [1.82, 2.24) is 15.2 Å². The summed E-state index contributed by atoms with van der Waals surface area (Å²) in [7, 11) is 0. The third-order valence-corrected chi connectivity index (χ3v) is 4.24. The molecule has 0 radical (unpaired) electrons. The maximum absolute atomic E-state index is 12.3. The molecule has 6 nitrogen and oxygen atoms in total. The van der Waals surface area contributed by atoms with Crippen LogP contribution in [0.2, 0.25) is 0 Å². The van der Waals surface area contributed by atoms with Crippen molar-refractivity contribution >= 4 is 17.6 Å². The quantitative estimate of drug-likeness (QED) is 0.864. The molecule has 6 heteroatoms. The van der Waals surface area contributed by atoms with Gasteiger partial charge in [-0.15, -0.1) is 0 Å². The Hall–Kier alpha value is -2.73. The highest BCUT2D eigenvalue weighted by molar-refractivity contribution is 5.92. The third-order valence-electron chi connectivity index (χ3n) is 4.24. The minimum Gasteiger partial charge on any atom is -0.353 e. The molecule has 1 aliphatic heterocycles. The van der Waals surface area contributed by atoms with Crippen LogP contribution in [-0.2, 0) is 16.0 Å². The van der Waals surface area contributed by atoms with Gasteiger partial charge in [-0.3, -0.25) is 14.5 Å². The Balaban J connectivity index is 1.64. The number of nitrogens with zero attached hydrogens (tertiary/aromatic N) is 2. The van der Waals surface area contributed by atoms with Crippen molar-refractivity contribution in [3.8, 4) is 0 Å². The van der Waals surface area contributed by atoms with Crippen molar-refractivity contribution in [1.29, 1.82) is 0 Å². The molecule has 2 heterocycles. The number of anilines is 1. The van der Waals surface area contributed by atoms with Crippen molar-refractivity contribution in [2.45, 2.75) is 19.4 Å². The van der Waals surface area contributed by atoms with Gasteiger partial charge in [0.05, 0.1) is 12.6 Å². The molecule has 1 fully saturated rings. The zero-order valence-corrected chi connectivity index (χ0v) is 14.2. The number of hydrogen-bond acceptors (Lipinski definition) is 4. The van der Waals surface area contributed by atoms with Crippen LogP contribution < -0.4 is 10.6 Å². The van der Waals surface area contributed by atoms with E-state index >= 15 is 0 Å². The molecule has 1 saturated heterocycles. The fourth-order valence-electron chi connectivity index (χ4n) is 2.92. The van der Waals surface area contributed by atoms with Crippen LogP contribution in [0.5, 0.6) is 0 Å². The summed E-state index contributed by atoms with van der Waals surface area (Å²) in [5.74, 6) is 0.331. The lowest BCUT2D eigenvalue weighted by Gasteiger charge is -2.34. The Morgan fingerprint density at radius 1 is 1.28 bits per heavy atom. The smallest absolute Gasteiger partial charge is 0.239 e. The van der Waals surface area contributed by atoms with Crippen LogP contribution in [0.15, 0.2) is 48.7 Å². The number of hydrogen-bond donors (Lipinski definition) is 2. The van der Waals surface area contributed by atoms with Crippen molar-refractivity contribution in [2.24, 2.45) is 0 Å². The first-order valence-corrected chi connectivity index (χ1v) is 8.40. The Morgan fingerprint density at radius 2 is 2.08 bits per heavy atom. The number of carbonyl (C=O) groups is 2. The van der Waals surface area contributed by atoms with Crippen molar-refractivity contribution in [3.05, 3.63) is 59.8 Å². The summed E-state index contributed by atoms with van der Waals surface area (Å²) in [5, 5.41) is 5.68. The predicted molar refractivity (Wildman–Crippen MR) is 96.1 cm³/mol. The van der Waals surface area contributed by atoms with E-state index in [4.69, 9.17) is 0 Å². The number of pyridine rings is 1. The van der Waals surface area contributed by atoms with Gasteiger partial charge >= 0.3 is 0 Å². The lowest BCUT2D eigenvalue weighted by molar-refractivity contribution is -0.130. The monoisotopic (exact) mass is 338 g/mol. The molecule has 2 N–H and O–H groups in total. The van der Waals surface area contributed by atoms with E-state index in [1.807, 2.05) is 48.2 Å². The minimum atomic E-state index is -0.340. The van der Waals surface area contributed by atoms with Crippen molar-refractivity contribution in [2.75, 3.05) is 25.0 Å². The van der Waals surface area contributed by atoms with E-state index in [1.165, 1.54) is 0 Å². The van der Waals surface area contributed by atoms with Gasteiger partial charge in [-0.2, -0.15) is 0 Å². The molecular weight excluding hydrogens is 316 g/mol. The summed E-state index contributed by atoms with van der Waals surface area (Å²) in [5.41, 5.74) is 2.11. The standard InChI is InChI=1S/C19H22N4O2/c1-14-7-8-17(21-12-14)22-18(24)13-23-10-9-20-19(25)16(23)11-15-5-3-2-4-6-15/h2-8,12,16H,9-11,13H2,1H3,(H,20,25)(H,21,22,24). The fraction of sp³-hybridized carbons (Fsp3) is 0.316. The molecule has 1 unspecified atom stereocenters. The van der Waals surface area contributed by atoms with Crippen LogP contribution in [0, 0.1) is 6.92 Å². The van der Waals surface area contributed by atoms with E-state index < -0.39 is 0 Å². The highest BCUT2D eigenvalue weighted by Gasteiger charge is 2.30. The molecule has 3 rings (SSSR count). The summed E-state index contributed by atoms with van der Waals surface area (Å²) in [4.78, 5) is 30.7. The Bertz CT molecular complexity index is 731. The topological polar surface area (TPSA) is 74.3 Å². The summed E-state index contributed by atoms with van der Waals surface area (Å²) < 4.78 is 0. The van der Waals surface area contributed by atoms with E-state index in [9.17, 15) is 9.59 Å². The Morgan fingerprint density at radius 3 is 2.80 bits per heavy atom. The fourth-order valence-corrected chi connectivity index (χ4v) is 2.92. The largest absolute Gasteiger partial charge is 0.353 e. The number of aromatic nitrogens is 1. The second-order valence-electron chi connectivity index (χ2n) is 6.24. The predicted octanol–water partition coefficient (Wildman–Crippen LogP) is 1.37. The molecule has 0 saturated carbocycles. The Kier molecular flexibility index (Phi) is 5.40. The lowest BCUT2D eigenvalue weighted by Crippen LogP contribution is -2.57. The third kappa shape index (κ3) is 4.64. The highest BCUT2D eigenvalue weighted by atomic mass is 16.2. The number of rotatable bonds is 5. The number of amides is 2. The summed E-state index contributed by atoms with van der Waals surface area (Å²) in [6.45, 7) is 3.32. The first kappa shape index (κ1) is 17.1. The van der Waals surface area contributed by atoms with Crippen LogP contribution in [-0.4, -0.2) is 47.4 Å². The molecule has 0 aliphatic carbocycles. The number of piperazine rings is 1. The average molecular weight is 338 g/mol. The molecular formula is C19H22N4O2. The Labute approximate surface area is 147 Å². The van der Waals surface area contributed by atoms with Crippen LogP contribution in [0.3, 0.4) is 0 Å². The minimum absolute atomic E-state index is 0.0311. The van der Waals surface area contributed by atoms with E-state index in [1.54, 1.807) is 12.3 Å². The van der Waals surface area contributed by atoms with Crippen molar-refractivity contribution in [3.63, 3.8) is 0 Å². The summed E-state index contributed by atoms with van der Waals surface area (Å²) >= 11 is 0. The first-order chi connectivity index (χ1) is 12.1. The maximum Gasteiger partial charge on any atom is 0.239 e. The number of nitrogens with one attached hydrogen (secondary N) is 2. The summed E-state index contributed by atoms with van der Waals surface area (Å²) in [6.07, 6.45) is 2.30. The van der Waals surface area contributed by atoms with E-state index in [2.05, 4.69) is 15.6 Å². The van der Waals surface area contributed by atoms with Gasteiger partial charge in [0.15, 0.2) is 0 Å². The number of carbonyl (C=O) groups excluding carboxylic acids is 2. The van der Waals surface area contributed by atoms with E-state index in [0.717, 1.165) is 11.1 Å². The first-order valence-electron chi connectivity index (χ1n) is 8.40. The van der Waals surface area contributed by atoms with Crippen molar-refractivity contribution < 1.29 is 9.59 Å². The van der Waals surface area contributed by atoms with Gasteiger partial charge in [-0.1, -0.05) is 36.4 Å². The van der Waals surface area contributed by atoms with Gasteiger partial charge in [0.25, 0.3) is 0 Å². The molecule has 1 aromatic carbocycles. The molecule has 1 aliphatic rings. The highest BCUT2D eigenvalue weighted by Crippen LogP contribution is 2.12. The molecule has 1 aromatic heterocycles. The average Bonchev–Trinajstić information content (AvgIpc) is 2.61. The zero-order valence-electron chi connectivity index (χ0n) is 14.2. The van der Waals surface area contributed by atoms with E-state index in [-0.39, 0.29) is 24.4 Å². The molecule has 25 heavy (non-hydrogen) atoms. The number of aryl methyl sites for hydroxylation is 1. The molecule has 1 atom stereocenters.